The molecule has 0 saturated carbocycles. The summed E-state index contributed by atoms with van der Waals surface area (Å²) in [4.78, 5) is 21.0. The molecule has 1 saturated heterocycles. The minimum absolute atomic E-state index is 0.110. The molecule has 0 bridgehead atoms. The van der Waals surface area contributed by atoms with Crippen LogP contribution in [0.3, 0.4) is 0 Å². The highest BCUT2D eigenvalue weighted by molar-refractivity contribution is 5.81. The van der Waals surface area contributed by atoms with Crippen molar-refractivity contribution in [3.05, 3.63) is 25.3 Å². The molecule has 120 valence electrons. The maximum Gasteiger partial charge on any atom is 0.330 e. The van der Waals surface area contributed by atoms with Gasteiger partial charge < -0.3 is 14.2 Å². The van der Waals surface area contributed by atoms with Crippen LogP contribution in [0.25, 0.3) is 0 Å². The topological polar surface area (TPSA) is 61.8 Å². The first-order valence-electron chi connectivity index (χ1n) is 7.34. The molecule has 1 aliphatic rings. The van der Waals surface area contributed by atoms with Gasteiger partial charge in [-0.05, 0) is 19.3 Å². The fourth-order valence-corrected chi connectivity index (χ4v) is 1.59. The minimum Gasteiger partial charge on any atom is -0.463 e. The first-order valence-corrected chi connectivity index (χ1v) is 7.34. The van der Waals surface area contributed by atoms with Crippen molar-refractivity contribution in [2.75, 3.05) is 19.8 Å². The smallest absolute Gasteiger partial charge is 0.330 e. The lowest BCUT2D eigenvalue weighted by atomic mass is 10.2. The van der Waals surface area contributed by atoms with E-state index in [4.69, 9.17) is 14.2 Å². The summed E-state index contributed by atoms with van der Waals surface area (Å²) in [7, 11) is 0. The lowest BCUT2D eigenvalue weighted by Crippen LogP contribution is -2.16. The molecule has 0 spiro atoms. The standard InChI is InChI=1S/C8H12O3.C8H14O2/c1-2-8(9)11-6-7-4-3-5-10-7;1-3-5-6-7-10-8(9)4-2/h2,7H,1,3-6H2;4H,2-3,5-7H2,1H3. The van der Waals surface area contributed by atoms with E-state index in [1.165, 1.54) is 6.08 Å². The van der Waals surface area contributed by atoms with Gasteiger partial charge in [-0.1, -0.05) is 32.9 Å². The number of rotatable bonds is 8. The Hall–Kier alpha value is -1.62. The van der Waals surface area contributed by atoms with Gasteiger partial charge in [0.05, 0.1) is 12.7 Å². The Morgan fingerprint density at radius 3 is 2.38 bits per heavy atom. The van der Waals surface area contributed by atoms with E-state index < -0.39 is 0 Å². The van der Waals surface area contributed by atoms with Crippen molar-refractivity contribution in [3.63, 3.8) is 0 Å². The summed E-state index contributed by atoms with van der Waals surface area (Å²) in [5.41, 5.74) is 0. The molecule has 5 heteroatoms. The molecule has 21 heavy (non-hydrogen) atoms. The maximum atomic E-state index is 10.6. The predicted molar refractivity (Wildman–Crippen MR) is 80.8 cm³/mol. The Bertz CT molecular complexity index is 319. The van der Waals surface area contributed by atoms with Crippen LogP contribution in [0.4, 0.5) is 0 Å². The lowest BCUT2D eigenvalue weighted by molar-refractivity contribution is -0.141. The second-order valence-electron chi connectivity index (χ2n) is 4.55. The zero-order valence-electron chi connectivity index (χ0n) is 12.8. The van der Waals surface area contributed by atoms with Crippen molar-refractivity contribution in [3.8, 4) is 0 Å². The molecular formula is C16H26O5. The van der Waals surface area contributed by atoms with Crippen LogP contribution in [0.1, 0.15) is 39.0 Å². The van der Waals surface area contributed by atoms with E-state index in [2.05, 4.69) is 20.1 Å². The van der Waals surface area contributed by atoms with Crippen LogP contribution in [0.15, 0.2) is 25.3 Å². The third-order valence-electron chi connectivity index (χ3n) is 2.76. The van der Waals surface area contributed by atoms with Crippen LogP contribution >= 0.6 is 0 Å². The maximum absolute atomic E-state index is 10.6. The van der Waals surface area contributed by atoms with Gasteiger partial charge >= 0.3 is 11.9 Å². The molecular weight excluding hydrogens is 272 g/mol. The highest BCUT2D eigenvalue weighted by atomic mass is 16.6. The molecule has 1 aliphatic heterocycles. The first kappa shape index (κ1) is 19.4. The third-order valence-corrected chi connectivity index (χ3v) is 2.76. The second kappa shape index (κ2) is 13.4. The lowest BCUT2D eigenvalue weighted by Gasteiger charge is -2.07. The van der Waals surface area contributed by atoms with Gasteiger partial charge in [0.2, 0.25) is 0 Å². The average Bonchev–Trinajstić information content (AvgIpc) is 3.03. The number of ether oxygens (including phenoxy) is 3. The Kier molecular flexibility index (Phi) is 12.3. The predicted octanol–water partition coefficient (Wildman–Crippen LogP) is 2.80. The molecule has 1 atom stereocenters. The molecule has 0 radical (unpaired) electrons. The monoisotopic (exact) mass is 298 g/mol. The van der Waals surface area contributed by atoms with Gasteiger partial charge in [-0.15, -0.1) is 0 Å². The van der Waals surface area contributed by atoms with Gasteiger partial charge in [-0.2, -0.15) is 0 Å². The molecule has 0 amide bonds. The Morgan fingerprint density at radius 1 is 1.19 bits per heavy atom. The van der Waals surface area contributed by atoms with E-state index in [0.29, 0.717) is 13.2 Å². The molecule has 1 fully saturated rings. The van der Waals surface area contributed by atoms with Gasteiger partial charge in [-0.3, -0.25) is 0 Å². The summed E-state index contributed by atoms with van der Waals surface area (Å²) >= 11 is 0. The van der Waals surface area contributed by atoms with Crippen molar-refractivity contribution in [2.45, 2.75) is 45.1 Å². The number of carbonyl (C=O) groups is 2. The van der Waals surface area contributed by atoms with E-state index >= 15 is 0 Å². The molecule has 0 aromatic carbocycles. The molecule has 1 rings (SSSR count). The van der Waals surface area contributed by atoms with Crippen LogP contribution in [0, 0.1) is 0 Å². The van der Waals surface area contributed by atoms with E-state index in [0.717, 1.165) is 44.8 Å². The van der Waals surface area contributed by atoms with E-state index in [9.17, 15) is 9.59 Å². The van der Waals surface area contributed by atoms with Crippen molar-refractivity contribution in [1.29, 1.82) is 0 Å². The van der Waals surface area contributed by atoms with Crippen LogP contribution in [-0.2, 0) is 23.8 Å². The highest BCUT2D eigenvalue weighted by Gasteiger charge is 2.16. The van der Waals surface area contributed by atoms with Crippen molar-refractivity contribution < 1.29 is 23.8 Å². The summed E-state index contributed by atoms with van der Waals surface area (Å²) in [5.74, 6) is -0.698. The number of esters is 2. The molecule has 0 aromatic heterocycles. The number of hydrogen-bond donors (Lipinski definition) is 0. The van der Waals surface area contributed by atoms with Gasteiger partial charge in [-0.25, -0.2) is 9.59 Å². The summed E-state index contributed by atoms with van der Waals surface area (Å²) in [6.07, 6.45) is 7.73. The summed E-state index contributed by atoms with van der Waals surface area (Å²) in [5, 5.41) is 0. The second-order valence-corrected chi connectivity index (χ2v) is 4.55. The number of unbranched alkanes of at least 4 members (excludes halogenated alkanes) is 2. The van der Waals surface area contributed by atoms with Crippen molar-refractivity contribution in [1.82, 2.24) is 0 Å². The Balaban J connectivity index is 0.000000384. The SMILES string of the molecule is C=CC(=O)OCC1CCCO1.C=CC(=O)OCCCCC. The van der Waals surface area contributed by atoms with E-state index in [-0.39, 0.29) is 18.0 Å². The Morgan fingerprint density at radius 2 is 1.86 bits per heavy atom. The average molecular weight is 298 g/mol. The largest absolute Gasteiger partial charge is 0.463 e. The molecule has 0 N–H and O–H groups in total. The summed E-state index contributed by atoms with van der Waals surface area (Å²) in [6.45, 7) is 10.4. The first-order chi connectivity index (χ1) is 10.1. The van der Waals surface area contributed by atoms with Crippen molar-refractivity contribution >= 4 is 11.9 Å². The zero-order valence-corrected chi connectivity index (χ0v) is 12.8. The van der Waals surface area contributed by atoms with Crippen LogP contribution < -0.4 is 0 Å². The molecule has 5 nitrogen and oxygen atoms in total. The van der Waals surface area contributed by atoms with E-state index in [1.54, 1.807) is 0 Å². The quantitative estimate of drug-likeness (QED) is 0.392. The fourth-order valence-electron chi connectivity index (χ4n) is 1.59. The van der Waals surface area contributed by atoms with Crippen LogP contribution in [0.2, 0.25) is 0 Å². The Labute approximate surface area is 126 Å². The summed E-state index contributed by atoms with van der Waals surface area (Å²) < 4.78 is 14.8. The normalized spacial score (nSPS) is 16.3. The highest BCUT2D eigenvalue weighted by Crippen LogP contribution is 2.11. The van der Waals surface area contributed by atoms with Gasteiger partial charge in [0.15, 0.2) is 0 Å². The van der Waals surface area contributed by atoms with Gasteiger partial charge in [0.25, 0.3) is 0 Å². The number of hydrogen-bond acceptors (Lipinski definition) is 5. The summed E-state index contributed by atoms with van der Waals surface area (Å²) in [6, 6.07) is 0. The van der Waals surface area contributed by atoms with Crippen LogP contribution in [0.5, 0.6) is 0 Å². The molecule has 0 aliphatic carbocycles. The van der Waals surface area contributed by atoms with Gasteiger partial charge in [0.1, 0.15) is 6.61 Å². The molecule has 0 aromatic rings. The van der Waals surface area contributed by atoms with Gasteiger partial charge in [0, 0.05) is 18.8 Å². The molecule has 1 unspecified atom stereocenters. The van der Waals surface area contributed by atoms with E-state index in [1.807, 2.05) is 0 Å². The van der Waals surface area contributed by atoms with Crippen LogP contribution in [-0.4, -0.2) is 37.9 Å². The molecule has 1 heterocycles. The fraction of sp³-hybridized carbons (Fsp3) is 0.625. The minimum atomic E-state index is -0.375. The third kappa shape index (κ3) is 11.9. The zero-order chi connectivity index (χ0) is 15.9. The van der Waals surface area contributed by atoms with Crippen molar-refractivity contribution in [2.24, 2.45) is 0 Å². The number of carbonyl (C=O) groups excluding carboxylic acids is 2.